The zero-order chi connectivity index (χ0) is 13.3. The van der Waals surface area contributed by atoms with Crippen molar-refractivity contribution in [1.29, 1.82) is 0 Å². The SMILES string of the molecule is O=C(O)[C@@H]1CCCN1C(=O)c1nc(Cl)ccc1Cl. The Labute approximate surface area is 113 Å². The van der Waals surface area contributed by atoms with E-state index in [0.717, 1.165) is 0 Å². The number of aliphatic carboxylic acids is 1. The molecule has 1 aromatic rings. The van der Waals surface area contributed by atoms with Crippen LogP contribution in [-0.4, -0.2) is 39.5 Å². The van der Waals surface area contributed by atoms with Crippen LogP contribution in [0.4, 0.5) is 0 Å². The number of carboxylic acid groups (broad SMARTS) is 1. The van der Waals surface area contributed by atoms with Gasteiger partial charge in [-0.3, -0.25) is 4.79 Å². The van der Waals surface area contributed by atoms with E-state index in [9.17, 15) is 9.59 Å². The van der Waals surface area contributed by atoms with Crippen molar-refractivity contribution in [3.63, 3.8) is 0 Å². The second-order valence-corrected chi connectivity index (χ2v) is 4.75. The molecule has 0 aromatic carbocycles. The zero-order valence-corrected chi connectivity index (χ0v) is 10.8. The first-order valence-electron chi connectivity index (χ1n) is 5.36. The van der Waals surface area contributed by atoms with Gasteiger partial charge in [-0.05, 0) is 25.0 Å². The summed E-state index contributed by atoms with van der Waals surface area (Å²) in [5.41, 5.74) is -0.00248. The Bertz CT molecular complexity index is 507. The van der Waals surface area contributed by atoms with E-state index in [1.807, 2.05) is 0 Å². The molecule has 0 aliphatic carbocycles. The maximum atomic E-state index is 12.2. The van der Waals surface area contributed by atoms with E-state index < -0.39 is 17.9 Å². The summed E-state index contributed by atoms with van der Waals surface area (Å²) in [5, 5.41) is 9.34. The molecule has 0 spiro atoms. The molecular formula is C11H10Cl2N2O3. The average Bonchev–Trinajstić information content (AvgIpc) is 2.80. The lowest BCUT2D eigenvalue weighted by Gasteiger charge is -2.21. The molecule has 1 aromatic heterocycles. The van der Waals surface area contributed by atoms with Gasteiger partial charge < -0.3 is 10.0 Å². The molecule has 1 saturated heterocycles. The van der Waals surface area contributed by atoms with Gasteiger partial charge in [-0.2, -0.15) is 0 Å². The van der Waals surface area contributed by atoms with Gasteiger partial charge in [0.1, 0.15) is 16.9 Å². The number of nitrogens with zero attached hydrogens (tertiary/aromatic N) is 2. The fourth-order valence-corrected chi connectivity index (χ4v) is 2.30. The van der Waals surface area contributed by atoms with E-state index in [0.29, 0.717) is 19.4 Å². The fourth-order valence-electron chi connectivity index (χ4n) is 1.97. The van der Waals surface area contributed by atoms with E-state index >= 15 is 0 Å². The largest absolute Gasteiger partial charge is 0.480 e. The molecule has 0 saturated carbocycles. The van der Waals surface area contributed by atoms with Crippen LogP contribution in [0.15, 0.2) is 12.1 Å². The number of pyridine rings is 1. The Balaban J connectivity index is 2.31. The monoisotopic (exact) mass is 288 g/mol. The van der Waals surface area contributed by atoms with Crippen LogP contribution >= 0.6 is 23.2 Å². The predicted molar refractivity (Wildman–Crippen MR) is 66.0 cm³/mol. The number of carboxylic acids is 1. The Morgan fingerprint density at radius 1 is 1.39 bits per heavy atom. The van der Waals surface area contributed by atoms with Crippen LogP contribution in [0.25, 0.3) is 0 Å². The molecule has 18 heavy (non-hydrogen) atoms. The van der Waals surface area contributed by atoms with Gasteiger partial charge in [0.15, 0.2) is 0 Å². The van der Waals surface area contributed by atoms with Gasteiger partial charge in [-0.1, -0.05) is 23.2 Å². The molecule has 2 heterocycles. The third kappa shape index (κ3) is 2.42. The highest BCUT2D eigenvalue weighted by Crippen LogP contribution is 2.24. The summed E-state index contributed by atoms with van der Waals surface area (Å²) in [4.78, 5) is 28.3. The zero-order valence-electron chi connectivity index (χ0n) is 9.27. The van der Waals surface area contributed by atoms with Crippen molar-refractivity contribution in [3.05, 3.63) is 28.0 Å². The molecule has 5 nitrogen and oxygen atoms in total. The lowest BCUT2D eigenvalue weighted by Crippen LogP contribution is -2.40. The van der Waals surface area contributed by atoms with Crippen molar-refractivity contribution in [2.24, 2.45) is 0 Å². The minimum Gasteiger partial charge on any atom is -0.480 e. The van der Waals surface area contributed by atoms with Gasteiger partial charge >= 0.3 is 5.97 Å². The molecular weight excluding hydrogens is 279 g/mol. The lowest BCUT2D eigenvalue weighted by molar-refractivity contribution is -0.141. The number of hydrogen-bond donors (Lipinski definition) is 1. The average molecular weight is 289 g/mol. The molecule has 1 amide bonds. The maximum Gasteiger partial charge on any atom is 0.326 e. The molecule has 0 unspecified atom stereocenters. The summed E-state index contributed by atoms with van der Waals surface area (Å²) in [6, 6.07) is 2.13. The van der Waals surface area contributed by atoms with Crippen LogP contribution in [0.5, 0.6) is 0 Å². The number of amides is 1. The van der Waals surface area contributed by atoms with Gasteiger partial charge in [0.25, 0.3) is 5.91 Å². The van der Waals surface area contributed by atoms with Crippen LogP contribution in [-0.2, 0) is 4.79 Å². The van der Waals surface area contributed by atoms with Crippen molar-refractivity contribution in [2.75, 3.05) is 6.54 Å². The van der Waals surface area contributed by atoms with E-state index in [-0.39, 0.29) is 15.9 Å². The van der Waals surface area contributed by atoms with Gasteiger partial charge in [-0.25, -0.2) is 9.78 Å². The Morgan fingerprint density at radius 2 is 2.11 bits per heavy atom. The van der Waals surface area contributed by atoms with E-state index in [1.165, 1.54) is 17.0 Å². The van der Waals surface area contributed by atoms with Crippen LogP contribution in [0.1, 0.15) is 23.3 Å². The predicted octanol–water partition coefficient (Wildman–Crippen LogP) is 2.08. The van der Waals surface area contributed by atoms with Gasteiger partial charge in [0, 0.05) is 6.54 Å². The molecule has 0 bridgehead atoms. The Morgan fingerprint density at radius 3 is 2.78 bits per heavy atom. The topological polar surface area (TPSA) is 70.5 Å². The van der Waals surface area contributed by atoms with E-state index in [2.05, 4.69) is 4.98 Å². The summed E-state index contributed by atoms with van der Waals surface area (Å²) in [6.45, 7) is 0.389. The lowest BCUT2D eigenvalue weighted by atomic mass is 10.2. The molecule has 0 radical (unpaired) electrons. The third-order valence-corrected chi connectivity index (χ3v) is 3.33. The first kappa shape index (κ1) is 13.1. The second kappa shape index (κ2) is 5.12. The van der Waals surface area contributed by atoms with Crippen LogP contribution < -0.4 is 0 Å². The number of likely N-dealkylation sites (tertiary alicyclic amines) is 1. The van der Waals surface area contributed by atoms with Gasteiger partial charge in [0.2, 0.25) is 0 Å². The number of carbonyl (C=O) groups is 2. The van der Waals surface area contributed by atoms with Crippen molar-refractivity contribution in [3.8, 4) is 0 Å². The highest BCUT2D eigenvalue weighted by Gasteiger charge is 2.35. The minimum absolute atomic E-state index is 0.00248. The Kier molecular flexibility index (Phi) is 3.73. The first-order valence-corrected chi connectivity index (χ1v) is 6.12. The standard InChI is InChI=1S/C11H10Cl2N2O3/c12-6-3-4-8(13)14-9(6)10(16)15-5-1-2-7(15)11(17)18/h3-4,7H,1-2,5H2,(H,17,18)/t7-/m0/s1. The van der Waals surface area contributed by atoms with E-state index in [4.69, 9.17) is 28.3 Å². The quantitative estimate of drug-likeness (QED) is 0.846. The second-order valence-electron chi connectivity index (χ2n) is 3.96. The molecule has 1 N–H and O–H groups in total. The summed E-state index contributed by atoms with van der Waals surface area (Å²) in [6.07, 6.45) is 1.10. The Hall–Kier alpha value is -1.33. The van der Waals surface area contributed by atoms with Gasteiger partial charge in [-0.15, -0.1) is 0 Å². The van der Waals surface area contributed by atoms with E-state index in [1.54, 1.807) is 0 Å². The van der Waals surface area contributed by atoms with Crippen LogP contribution in [0, 0.1) is 0 Å². The number of hydrogen-bond acceptors (Lipinski definition) is 3. The van der Waals surface area contributed by atoms with Crippen molar-refractivity contribution in [1.82, 2.24) is 9.88 Å². The molecule has 1 fully saturated rings. The summed E-state index contributed by atoms with van der Waals surface area (Å²) in [5.74, 6) is -1.51. The molecule has 2 rings (SSSR count). The minimum atomic E-state index is -1.01. The van der Waals surface area contributed by atoms with Gasteiger partial charge in [0.05, 0.1) is 5.02 Å². The fraction of sp³-hybridized carbons (Fsp3) is 0.364. The first-order chi connectivity index (χ1) is 8.50. The number of carbonyl (C=O) groups excluding carboxylic acids is 1. The van der Waals surface area contributed by atoms with Crippen LogP contribution in [0.2, 0.25) is 10.2 Å². The van der Waals surface area contributed by atoms with Crippen LogP contribution in [0.3, 0.4) is 0 Å². The number of aromatic nitrogens is 1. The van der Waals surface area contributed by atoms with Crippen molar-refractivity contribution in [2.45, 2.75) is 18.9 Å². The third-order valence-electron chi connectivity index (χ3n) is 2.81. The van der Waals surface area contributed by atoms with Crippen molar-refractivity contribution < 1.29 is 14.7 Å². The molecule has 7 heteroatoms. The molecule has 1 atom stereocenters. The molecule has 1 aliphatic rings. The summed E-state index contributed by atoms with van der Waals surface area (Å²) < 4.78 is 0. The summed E-state index contributed by atoms with van der Waals surface area (Å²) >= 11 is 11.6. The van der Waals surface area contributed by atoms with Crippen molar-refractivity contribution >= 4 is 35.1 Å². The number of halogens is 2. The summed E-state index contributed by atoms with van der Waals surface area (Å²) in [7, 11) is 0. The maximum absolute atomic E-state index is 12.2. The highest BCUT2D eigenvalue weighted by molar-refractivity contribution is 6.34. The normalized spacial score (nSPS) is 19.0. The smallest absolute Gasteiger partial charge is 0.326 e. The molecule has 96 valence electrons. The highest BCUT2D eigenvalue weighted by atomic mass is 35.5. The molecule has 1 aliphatic heterocycles. The number of rotatable bonds is 2.